The van der Waals surface area contributed by atoms with Crippen LogP contribution in [0.15, 0.2) is 30.0 Å². The van der Waals surface area contributed by atoms with Gasteiger partial charge in [-0.15, -0.1) is 0 Å². The minimum atomic E-state index is -0.683. The highest BCUT2D eigenvalue weighted by molar-refractivity contribution is 5.99. The number of anilines is 2. The van der Waals surface area contributed by atoms with Gasteiger partial charge in [-0.3, -0.25) is 4.79 Å². The SMILES string of the molecule is COC(=O)/C=C(/Nc1ccc(N2CCCC2=O)c(C)c1)C(=O)OC. The normalized spacial score (nSPS) is 14.5. The molecule has 0 atom stereocenters. The summed E-state index contributed by atoms with van der Waals surface area (Å²) in [6.45, 7) is 2.59. The molecule has 1 aromatic rings. The minimum Gasteiger partial charge on any atom is -0.466 e. The first kappa shape index (κ1) is 17.5. The van der Waals surface area contributed by atoms with E-state index < -0.39 is 11.9 Å². The number of hydrogen-bond donors (Lipinski definition) is 1. The molecule has 7 nitrogen and oxygen atoms in total. The topological polar surface area (TPSA) is 84.9 Å². The van der Waals surface area contributed by atoms with E-state index >= 15 is 0 Å². The third-order valence-electron chi connectivity index (χ3n) is 3.71. The van der Waals surface area contributed by atoms with Gasteiger partial charge in [-0.25, -0.2) is 9.59 Å². The fraction of sp³-hybridized carbons (Fsp3) is 0.353. The van der Waals surface area contributed by atoms with E-state index in [9.17, 15) is 14.4 Å². The van der Waals surface area contributed by atoms with Crippen LogP contribution in [0.1, 0.15) is 18.4 Å². The molecule has 0 aliphatic carbocycles. The molecule has 0 saturated carbocycles. The largest absolute Gasteiger partial charge is 0.466 e. The van der Waals surface area contributed by atoms with Crippen molar-refractivity contribution in [2.24, 2.45) is 0 Å². The van der Waals surface area contributed by atoms with E-state index in [0.717, 1.165) is 23.7 Å². The second-order valence-corrected chi connectivity index (χ2v) is 5.35. The average Bonchev–Trinajstić information content (AvgIpc) is 2.99. The Morgan fingerprint density at radius 2 is 2.00 bits per heavy atom. The van der Waals surface area contributed by atoms with Gasteiger partial charge < -0.3 is 19.7 Å². The number of rotatable bonds is 5. The van der Waals surface area contributed by atoms with E-state index in [4.69, 9.17) is 0 Å². The van der Waals surface area contributed by atoms with Crippen molar-refractivity contribution >= 4 is 29.2 Å². The van der Waals surface area contributed by atoms with Crippen LogP contribution in [-0.2, 0) is 23.9 Å². The van der Waals surface area contributed by atoms with Crippen molar-refractivity contribution in [2.75, 3.05) is 31.0 Å². The van der Waals surface area contributed by atoms with Crippen LogP contribution in [0, 0.1) is 6.92 Å². The fourth-order valence-electron chi connectivity index (χ4n) is 2.53. The van der Waals surface area contributed by atoms with Crippen molar-refractivity contribution in [2.45, 2.75) is 19.8 Å². The van der Waals surface area contributed by atoms with Gasteiger partial charge in [-0.05, 0) is 37.1 Å². The van der Waals surface area contributed by atoms with Crippen LogP contribution in [0.3, 0.4) is 0 Å². The molecule has 1 saturated heterocycles. The summed E-state index contributed by atoms with van der Waals surface area (Å²) < 4.78 is 9.18. The van der Waals surface area contributed by atoms with Crippen LogP contribution >= 0.6 is 0 Å². The van der Waals surface area contributed by atoms with Crippen molar-refractivity contribution < 1.29 is 23.9 Å². The lowest BCUT2D eigenvalue weighted by Crippen LogP contribution is -2.24. The second kappa shape index (κ2) is 7.63. The van der Waals surface area contributed by atoms with Crippen LogP contribution in [0.2, 0.25) is 0 Å². The lowest BCUT2D eigenvalue weighted by atomic mass is 10.1. The van der Waals surface area contributed by atoms with Gasteiger partial charge in [0.05, 0.1) is 20.3 Å². The summed E-state index contributed by atoms with van der Waals surface area (Å²) in [5.41, 5.74) is 2.30. The number of benzene rings is 1. The highest BCUT2D eigenvalue weighted by Gasteiger charge is 2.23. The number of amides is 1. The first-order chi connectivity index (χ1) is 11.5. The molecule has 0 bridgehead atoms. The minimum absolute atomic E-state index is 0.0336. The van der Waals surface area contributed by atoms with Crippen LogP contribution < -0.4 is 10.2 Å². The summed E-state index contributed by atoms with van der Waals surface area (Å²) in [4.78, 5) is 36.7. The fourth-order valence-corrected chi connectivity index (χ4v) is 2.53. The Balaban J connectivity index is 2.24. The Hall–Kier alpha value is -2.83. The number of carbonyl (C=O) groups excluding carboxylic acids is 3. The smallest absolute Gasteiger partial charge is 0.354 e. The number of nitrogens with one attached hydrogen (secondary N) is 1. The highest BCUT2D eigenvalue weighted by atomic mass is 16.5. The van der Waals surface area contributed by atoms with Crippen molar-refractivity contribution in [3.8, 4) is 0 Å². The van der Waals surface area contributed by atoms with Gasteiger partial charge in [0.1, 0.15) is 5.70 Å². The monoisotopic (exact) mass is 332 g/mol. The van der Waals surface area contributed by atoms with Crippen LogP contribution in [-0.4, -0.2) is 38.6 Å². The molecule has 1 heterocycles. The molecule has 0 aromatic heterocycles. The molecular weight excluding hydrogens is 312 g/mol. The number of carbonyl (C=O) groups is 3. The quantitative estimate of drug-likeness (QED) is 0.653. The van der Waals surface area contributed by atoms with Crippen LogP contribution in [0.5, 0.6) is 0 Å². The van der Waals surface area contributed by atoms with E-state index in [2.05, 4.69) is 14.8 Å². The molecule has 1 N–H and O–H groups in total. The van der Waals surface area contributed by atoms with Gasteiger partial charge in [0.15, 0.2) is 0 Å². The number of hydrogen-bond acceptors (Lipinski definition) is 6. The van der Waals surface area contributed by atoms with Crippen LogP contribution in [0.25, 0.3) is 0 Å². The summed E-state index contributed by atoms with van der Waals surface area (Å²) >= 11 is 0. The first-order valence-electron chi connectivity index (χ1n) is 7.52. The number of aryl methyl sites for hydroxylation is 1. The Labute approximate surface area is 140 Å². The van der Waals surface area contributed by atoms with Gasteiger partial charge in [-0.1, -0.05) is 0 Å². The Bertz CT molecular complexity index is 696. The van der Waals surface area contributed by atoms with E-state index in [0.29, 0.717) is 18.7 Å². The third-order valence-corrected chi connectivity index (χ3v) is 3.71. The zero-order chi connectivity index (χ0) is 17.7. The standard InChI is InChI=1S/C17H20N2O5/c1-11-9-12(6-7-14(11)19-8-4-5-15(19)20)18-13(17(22)24-3)10-16(21)23-2/h6-7,9-10,18H,4-5,8H2,1-3H3/b13-10+. The maximum absolute atomic E-state index is 11.9. The summed E-state index contributed by atoms with van der Waals surface area (Å²) in [5, 5.41) is 2.85. The second-order valence-electron chi connectivity index (χ2n) is 5.35. The Kier molecular flexibility index (Phi) is 5.57. The lowest BCUT2D eigenvalue weighted by Gasteiger charge is -2.19. The van der Waals surface area contributed by atoms with Gasteiger partial charge in [0, 0.05) is 24.3 Å². The molecule has 128 valence electrons. The highest BCUT2D eigenvalue weighted by Crippen LogP contribution is 2.28. The predicted octanol–water partition coefficient (Wildman–Crippen LogP) is 1.76. The molecular formula is C17H20N2O5. The third kappa shape index (κ3) is 3.92. The molecule has 1 amide bonds. The van der Waals surface area contributed by atoms with E-state index in [1.807, 2.05) is 13.0 Å². The van der Waals surface area contributed by atoms with Crippen molar-refractivity contribution in [1.82, 2.24) is 0 Å². The summed E-state index contributed by atoms with van der Waals surface area (Å²) in [5.74, 6) is -1.24. The molecule has 7 heteroatoms. The van der Waals surface area contributed by atoms with E-state index in [1.54, 1.807) is 17.0 Å². The van der Waals surface area contributed by atoms with Gasteiger partial charge >= 0.3 is 11.9 Å². The molecule has 0 spiro atoms. The first-order valence-corrected chi connectivity index (χ1v) is 7.52. The predicted molar refractivity (Wildman–Crippen MR) is 88.5 cm³/mol. The van der Waals surface area contributed by atoms with Crippen LogP contribution in [0.4, 0.5) is 11.4 Å². The summed E-state index contributed by atoms with van der Waals surface area (Å²) in [7, 11) is 2.45. The summed E-state index contributed by atoms with van der Waals surface area (Å²) in [6.07, 6.45) is 2.44. The van der Waals surface area contributed by atoms with E-state index in [-0.39, 0.29) is 11.6 Å². The Morgan fingerprint density at radius 1 is 1.25 bits per heavy atom. The molecule has 1 aliphatic rings. The number of ether oxygens (including phenoxy) is 2. The number of nitrogens with zero attached hydrogens (tertiary/aromatic N) is 1. The average molecular weight is 332 g/mol. The maximum atomic E-state index is 11.9. The zero-order valence-corrected chi connectivity index (χ0v) is 13.9. The molecule has 1 aliphatic heterocycles. The number of methoxy groups -OCH3 is 2. The molecule has 1 fully saturated rings. The molecule has 1 aromatic carbocycles. The summed E-state index contributed by atoms with van der Waals surface area (Å²) in [6, 6.07) is 5.35. The molecule has 2 rings (SSSR count). The molecule has 0 unspecified atom stereocenters. The van der Waals surface area contributed by atoms with Gasteiger partial charge in [-0.2, -0.15) is 0 Å². The molecule has 0 radical (unpaired) electrons. The van der Waals surface area contributed by atoms with E-state index in [1.165, 1.54) is 14.2 Å². The van der Waals surface area contributed by atoms with Gasteiger partial charge in [0.25, 0.3) is 0 Å². The van der Waals surface area contributed by atoms with Gasteiger partial charge in [0.2, 0.25) is 5.91 Å². The van der Waals surface area contributed by atoms with Crippen molar-refractivity contribution in [3.05, 3.63) is 35.5 Å². The lowest BCUT2D eigenvalue weighted by molar-refractivity contribution is -0.138. The molecule has 24 heavy (non-hydrogen) atoms. The van der Waals surface area contributed by atoms with Crippen molar-refractivity contribution in [3.63, 3.8) is 0 Å². The number of esters is 2. The van der Waals surface area contributed by atoms with Crippen molar-refractivity contribution in [1.29, 1.82) is 0 Å². The maximum Gasteiger partial charge on any atom is 0.354 e. The Morgan fingerprint density at radius 3 is 2.54 bits per heavy atom. The zero-order valence-electron chi connectivity index (χ0n) is 13.9.